The fourth-order valence-corrected chi connectivity index (χ4v) is 6.96. The number of esters is 1. The second-order valence-corrected chi connectivity index (χ2v) is 12.2. The van der Waals surface area contributed by atoms with Crippen molar-refractivity contribution in [3.8, 4) is 11.4 Å². The van der Waals surface area contributed by atoms with Gasteiger partial charge in [0.1, 0.15) is 11.3 Å². The predicted molar refractivity (Wildman–Crippen MR) is 161 cm³/mol. The van der Waals surface area contributed by atoms with Crippen LogP contribution in [0, 0.1) is 0 Å². The lowest BCUT2D eigenvalue weighted by molar-refractivity contribution is 0.0508. The number of aromatic nitrogens is 2. The number of carbonyl (C=O) groups is 2. The number of hydrogen-bond donors (Lipinski definition) is 0. The first-order valence-electron chi connectivity index (χ1n) is 14.2. The highest BCUT2D eigenvalue weighted by molar-refractivity contribution is 7.89. The van der Waals surface area contributed by atoms with Crippen molar-refractivity contribution >= 4 is 32.7 Å². The normalized spacial score (nSPS) is 16.0. The van der Waals surface area contributed by atoms with Crippen LogP contribution in [0.15, 0.2) is 77.7 Å². The van der Waals surface area contributed by atoms with E-state index in [1.165, 1.54) is 4.31 Å². The maximum absolute atomic E-state index is 14.0. The molecule has 5 rings (SSSR count). The van der Waals surface area contributed by atoms with Gasteiger partial charge in [0.15, 0.2) is 5.82 Å². The molecule has 1 aromatic heterocycles. The molecule has 4 aromatic rings. The lowest BCUT2D eigenvalue weighted by Gasteiger charge is -2.39. The highest BCUT2D eigenvalue weighted by Gasteiger charge is 2.37. The average Bonchev–Trinajstić information content (AvgIpc) is 3.00. The van der Waals surface area contributed by atoms with Crippen LogP contribution >= 0.6 is 0 Å². The van der Waals surface area contributed by atoms with Crippen molar-refractivity contribution in [2.75, 3.05) is 26.2 Å². The van der Waals surface area contributed by atoms with Gasteiger partial charge >= 0.3 is 5.97 Å². The highest BCUT2D eigenvalue weighted by Crippen LogP contribution is 2.27. The van der Waals surface area contributed by atoms with E-state index in [4.69, 9.17) is 4.74 Å². The smallest absolute Gasteiger partial charge is 0.342 e. The van der Waals surface area contributed by atoms with E-state index < -0.39 is 27.9 Å². The number of carbonyl (C=O) groups excluding carboxylic acids is 2. The Balaban J connectivity index is 1.47. The zero-order valence-electron chi connectivity index (χ0n) is 24.0. The van der Waals surface area contributed by atoms with Crippen molar-refractivity contribution in [1.29, 1.82) is 0 Å². The maximum Gasteiger partial charge on any atom is 0.342 e. The van der Waals surface area contributed by atoms with Gasteiger partial charge in [-0.15, -0.1) is 0 Å². The monoisotopic (exact) mass is 586 g/mol. The summed E-state index contributed by atoms with van der Waals surface area (Å²) in [5.41, 5.74) is 1.23. The minimum absolute atomic E-state index is 0.0243. The number of ether oxygens (including phenoxy) is 1. The second-order valence-electron chi connectivity index (χ2n) is 10.3. The molecule has 2 heterocycles. The van der Waals surface area contributed by atoms with Gasteiger partial charge in [-0.25, -0.2) is 23.2 Å². The van der Waals surface area contributed by atoms with Gasteiger partial charge in [-0.2, -0.15) is 4.31 Å². The lowest BCUT2D eigenvalue weighted by Crippen LogP contribution is -2.55. The maximum atomic E-state index is 14.0. The molecular formula is C32H34N4O5S. The summed E-state index contributed by atoms with van der Waals surface area (Å²) in [5, 5.41) is 1.80. The van der Waals surface area contributed by atoms with Crippen LogP contribution in [0.5, 0.6) is 0 Å². The molecule has 10 heteroatoms. The van der Waals surface area contributed by atoms with Crippen molar-refractivity contribution in [3.63, 3.8) is 0 Å². The van der Waals surface area contributed by atoms with Crippen LogP contribution < -0.4 is 0 Å². The molecule has 0 N–H and O–H groups in total. The molecule has 1 amide bonds. The second kappa shape index (κ2) is 12.4. The number of piperazine rings is 1. The largest absolute Gasteiger partial charge is 0.462 e. The van der Waals surface area contributed by atoms with E-state index >= 15 is 0 Å². The van der Waals surface area contributed by atoms with Crippen LogP contribution in [-0.2, 0) is 21.2 Å². The molecule has 3 aromatic carbocycles. The van der Waals surface area contributed by atoms with Gasteiger partial charge in [0.25, 0.3) is 5.91 Å². The Labute approximate surface area is 246 Å². The first-order chi connectivity index (χ1) is 20.2. The summed E-state index contributed by atoms with van der Waals surface area (Å²) in [4.78, 5) is 38.2. The number of sulfonamides is 1. The fourth-order valence-electron chi connectivity index (χ4n) is 5.31. The zero-order valence-corrected chi connectivity index (χ0v) is 24.8. The summed E-state index contributed by atoms with van der Waals surface area (Å²) < 4.78 is 34.1. The van der Waals surface area contributed by atoms with Crippen LogP contribution in [0.1, 0.15) is 53.7 Å². The molecule has 9 nitrogen and oxygen atoms in total. The molecule has 0 spiro atoms. The van der Waals surface area contributed by atoms with E-state index in [0.29, 0.717) is 24.4 Å². The average molecular weight is 587 g/mol. The molecule has 1 unspecified atom stereocenters. The summed E-state index contributed by atoms with van der Waals surface area (Å²) in [6.07, 6.45) is 1.17. The first-order valence-corrected chi connectivity index (χ1v) is 15.6. The third-order valence-electron chi connectivity index (χ3n) is 7.37. The van der Waals surface area contributed by atoms with Crippen molar-refractivity contribution in [1.82, 2.24) is 19.2 Å². The summed E-state index contributed by atoms with van der Waals surface area (Å²) in [6, 6.07) is 21.5. The number of benzene rings is 3. The van der Waals surface area contributed by atoms with Crippen LogP contribution in [0.2, 0.25) is 0 Å². The summed E-state index contributed by atoms with van der Waals surface area (Å²) >= 11 is 0. The number of hydrogen-bond acceptors (Lipinski definition) is 7. The van der Waals surface area contributed by atoms with Gasteiger partial charge < -0.3 is 9.64 Å². The number of fused-ring (bicyclic) bond motifs is 1. The molecular weight excluding hydrogens is 552 g/mol. The van der Waals surface area contributed by atoms with Crippen molar-refractivity contribution in [2.24, 2.45) is 0 Å². The number of amides is 1. The zero-order chi connectivity index (χ0) is 29.9. The Morgan fingerprint density at radius 3 is 2.33 bits per heavy atom. The quantitative estimate of drug-likeness (QED) is 0.269. The Morgan fingerprint density at radius 1 is 0.929 bits per heavy atom. The third-order valence-corrected chi connectivity index (χ3v) is 9.38. The number of rotatable bonds is 8. The molecule has 0 saturated carbocycles. The molecule has 1 atom stereocenters. The van der Waals surface area contributed by atoms with E-state index in [1.54, 1.807) is 36.9 Å². The summed E-state index contributed by atoms with van der Waals surface area (Å²) in [6.45, 7) is 5.98. The van der Waals surface area contributed by atoms with E-state index in [-0.39, 0.29) is 42.4 Å². The predicted octanol–water partition coefficient (Wildman–Crippen LogP) is 4.96. The molecule has 1 saturated heterocycles. The van der Waals surface area contributed by atoms with Crippen molar-refractivity contribution in [3.05, 3.63) is 89.7 Å². The third kappa shape index (κ3) is 5.77. The van der Waals surface area contributed by atoms with Crippen LogP contribution in [0.3, 0.4) is 0 Å². The van der Waals surface area contributed by atoms with Gasteiger partial charge in [-0.3, -0.25) is 4.79 Å². The molecule has 1 aliphatic rings. The molecule has 1 fully saturated rings. The lowest BCUT2D eigenvalue weighted by atomic mass is 10.0. The number of nitrogens with zero attached hydrogens (tertiary/aromatic N) is 4. The molecule has 42 heavy (non-hydrogen) atoms. The molecule has 1 aliphatic heterocycles. The minimum atomic E-state index is -3.81. The Hall–Kier alpha value is -4.15. The molecule has 0 aliphatic carbocycles. The Kier molecular flexibility index (Phi) is 8.65. The van der Waals surface area contributed by atoms with Gasteiger partial charge in [-0.1, -0.05) is 74.0 Å². The molecule has 0 radical (unpaired) electrons. The molecule has 0 bridgehead atoms. The first kappa shape index (κ1) is 29.3. The Morgan fingerprint density at radius 2 is 1.64 bits per heavy atom. The van der Waals surface area contributed by atoms with E-state index in [9.17, 15) is 18.0 Å². The summed E-state index contributed by atoms with van der Waals surface area (Å²) in [5.74, 6) is -0.750. The molecule has 218 valence electrons. The summed E-state index contributed by atoms with van der Waals surface area (Å²) in [7, 11) is -3.81. The van der Waals surface area contributed by atoms with Gasteiger partial charge in [0.05, 0.1) is 17.2 Å². The van der Waals surface area contributed by atoms with Gasteiger partial charge in [0.2, 0.25) is 10.0 Å². The topological polar surface area (TPSA) is 110 Å². The van der Waals surface area contributed by atoms with Crippen LogP contribution in [0.25, 0.3) is 22.2 Å². The minimum Gasteiger partial charge on any atom is -0.462 e. The van der Waals surface area contributed by atoms with Crippen molar-refractivity contribution < 1.29 is 22.7 Å². The SMILES string of the molecule is CCCc1nc(-c2ccccc2)nc(C(=O)N2CCN(S(=O)(=O)c3ccc4ccccc4c3)C(C)C2)c1C(=O)OCC. The Bertz CT molecular complexity index is 1730. The van der Waals surface area contributed by atoms with E-state index in [1.807, 2.05) is 61.5 Å². The van der Waals surface area contributed by atoms with Crippen LogP contribution in [0.4, 0.5) is 0 Å². The van der Waals surface area contributed by atoms with Crippen molar-refractivity contribution in [2.45, 2.75) is 44.6 Å². The van der Waals surface area contributed by atoms with E-state index in [0.717, 1.165) is 16.3 Å². The van der Waals surface area contributed by atoms with Gasteiger partial charge in [-0.05, 0) is 43.2 Å². The fraction of sp³-hybridized carbons (Fsp3) is 0.312. The van der Waals surface area contributed by atoms with Crippen LogP contribution in [-0.4, -0.2) is 71.8 Å². The van der Waals surface area contributed by atoms with Gasteiger partial charge in [0, 0.05) is 31.2 Å². The standard InChI is InChI=1S/C32H34N4O5S/c1-4-11-27-28(32(38)41-5-2)29(34-30(33-27)24-13-7-6-8-14-24)31(37)35-18-19-36(22(3)21-35)42(39,40)26-17-16-23-12-9-10-15-25(23)20-26/h6-10,12-17,20,22H,4-5,11,18-19,21H2,1-3H3. The highest BCUT2D eigenvalue weighted by atomic mass is 32.2. The number of aryl methyl sites for hydroxylation is 1. The van der Waals surface area contributed by atoms with E-state index in [2.05, 4.69) is 9.97 Å².